The Morgan fingerprint density at radius 2 is 1.83 bits per heavy atom. The van der Waals surface area contributed by atoms with Crippen LogP contribution in [0.25, 0.3) is 11.2 Å². The third kappa shape index (κ3) is 4.14. The van der Waals surface area contributed by atoms with Crippen LogP contribution >= 0.6 is 23.4 Å². The first-order chi connectivity index (χ1) is 16.5. The summed E-state index contributed by atoms with van der Waals surface area (Å²) in [4.78, 5) is 13.2. The highest BCUT2D eigenvalue weighted by Gasteiger charge is 2.66. The minimum Gasteiger partial charge on any atom is -0.392 e. The highest BCUT2D eigenvalue weighted by atomic mass is 35.5. The lowest BCUT2D eigenvalue weighted by atomic mass is 10.1. The molecule has 35 heavy (non-hydrogen) atoms. The SMILES string of the molecule is CC(C)(C)[Si]1(C(C)(C)C)OC[C@@H]2C[C@@H](O1)[C@](OCc1ccccc1)(n1cnc3c(Cl)ncnc31)S2. The van der Waals surface area contributed by atoms with E-state index < -0.39 is 13.6 Å². The van der Waals surface area contributed by atoms with E-state index in [4.69, 9.17) is 25.2 Å². The number of aromatic nitrogens is 4. The van der Waals surface area contributed by atoms with Crippen LogP contribution in [0, 0.1) is 0 Å². The number of ether oxygens (including phenoxy) is 1. The lowest BCUT2D eigenvalue weighted by molar-refractivity contribution is -0.113. The molecule has 2 aliphatic heterocycles. The van der Waals surface area contributed by atoms with Gasteiger partial charge >= 0.3 is 8.56 Å². The van der Waals surface area contributed by atoms with Crippen LogP contribution in [0.5, 0.6) is 0 Å². The van der Waals surface area contributed by atoms with Crippen molar-refractivity contribution in [1.82, 2.24) is 19.5 Å². The molecule has 10 heteroatoms. The predicted octanol–water partition coefficient (Wildman–Crippen LogP) is 6.27. The van der Waals surface area contributed by atoms with E-state index in [1.165, 1.54) is 6.33 Å². The van der Waals surface area contributed by atoms with E-state index >= 15 is 0 Å². The normalized spacial score (nSPS) is 26.7. The number of imidazole rings is 1. The molecule has 2 aromatic heterocycles. The van der Waals surface area contributed by atoms with Crippen molar-refractivity contribution in [3.8, 4) is 0 Å². The fourth-order valence-electron chi connectivity index (χ4n) is 5.54. The van der Waals surface area contributed by atoms with Gasteiger partial charge in [-0.15, -0.1) is 0 Å². The van der Waals surface area contributed by atoms with Gasteiger partial charge in [-0.05, 0) is 12.0 Å². The van der Waals surface area contributed by atoms with Gasteiger partial charge in [0.1, 0.15) is 24.3 Å². The zero-order chi connectivity index (χ0) is 25.1. The molecule has 0 N–H and O–H groups in total. The monoisotopic (exact) mass is 532 g/mol. The second-order valence-corrected chi connectivity index (χ2v) is 18.0. The summed E-state index contributed by atoms with van der Waals surface area (Å²) in [5.74, 6) is 0. The molecule has 3 atom stereocenters. The minimum absolute atomic E-state index is 0.145. The molecule has 0 aliphatic carbocycles. The van der Waals surface area contributed by atoms with Crippen LogP contribution in [0.1, 0.15) is 53.5 Å². The Hall–Kier alpha value is -1.49. The molecular formula is C25H33ClN4O3SSi. The van der Waals surface area contributed by atoms with Crippen molar-refractivity contribution < 1.29 is 13.6 Å². The van der Waals surface area contributed by atoms with Crippen molar-refractivity contribution in [2.24, 2.45) is 0 Å². The van der Waals surface area contributed by atoms with Gasteiger partial charge in [0.25, 0.3) is 0 Å². The topological polar surface area (TPSA) is 71.3 Å². The average molecular weight is 533 g/mol. The zero-order valence-electron chi connectivity index (χ0n) is 21.1. The molecule has 0 spiro atoms. The molecule has 0 radical (unpaired) electrons. The molecule has 2 aliphatic rings. The molecule has 1 aromatic carbocycles. The van der Waals surface area contributed by atoms with Gasteiger partial charge in [0, 0.05) is 21.9 Å². The van der Waals surface area contributed by atoms with E-state index in [2.05, 4.69) is 68.6 Å². The van der Waals surface area contributed by atoms with Crippen molar-refractivity contribution in [3.63, 3.8) is 0 Å². The maximum atomic E-state index is 7.27. The van der Waals surface area contributed by atoms with Gasteiger partial charge in [0.2, 0.25) is 5.06 Å². The molecule has 4 heterocycles. The number of nitrogens with zero attached hydrogens (tertiary/aromatic N) is 4. The smallest absolute Gasteiger partial charge is 0.349 e. The van der Waals surface area contributed by atoms with Gasteiger partial charge < -0.3 is 13.6 Å². The summed E-state index contributed by atoms with van der Waals surface area (Å²) in [6, 6.07) is 10.2. The number of halogens is 1. The number of hydrogen-bond donors (Lipinski definition) is 0. The van der Waals surface area contributed by atoms with Gasteiger partial charge in [-0.3, -0.25) is 4.57 Å². The van der Waals surface area contributed by atoms with Gasteiger partial charge in [0.15, 0.2) is 10.8 Å². The summed E-state index contributed by atoms with van der Waals surface area (Å²) >= 11 is 8.11. The fourth-order valence-corrected chi connectivity index (χ4v) is 12.5. The molecule has 2 bridgehead atoms. The number of rotatable bonds is 4. The maximum Gasteiger partial charge on any atom is 0.349 e. The maximum absolute atomic E-state index is 7.27. The van der Waals surface area contributed by atoms with Crippen LogP contribution in [-0.4, -0.2) is 46.0 Å². The van der Waals surface area contributed by atoms with E-state index in [9.17, 15) is 0 Å². The van der Waals surface area contributed by atoms with E-state index in [0.29, 0.717) is 29.5 Å². The zero-order valence-corrected chi connectivity index (χ0v) is 23.7. The molecule has 2 fully saturated rings. The molecule has 5 rings (SSSR count). The van der Waals surface area contributed by atoms with Crippen molar-refractivity contribution in [2.45, 2.75) is 81.1 Å². The second kappa shape index (κ2) is 8.81. The number of fused-ring (bicyclic) bond motifs is 3. The fraction of sp³-hybridized carbons (Fsp3) is 0.560. The minimum atomic E-state index is -2.76. The highest BCUT2D eigenvalue weighted by molar-refractivity contribution is 8.00. The molecular weight excluding hydrogens is 500 g/mol. The molecule has 0 unspecified atom stereocenters. The Balaban J connectivity index is 1.65. The summed E-state index contributed by atoms with van der Waals surface area (Å²) in [6.45, 7) is 14.5. The number of benzene rings is 1. The van der Waals surface area contributed by atoms with Crippen LogP contribution in [0.2, 0.25) is 15.2 Å². The Morgan fingerprint density at radius 1 is 1.11 bits per heavy atom. The van der Waals surface area contributed by atoms with Gasteiger partial charge in [-0.1, -0.05) is 95.2 Å². The van der Waals surface area contributed by atoms with Gasteiger partial charge in [0.05, 0.1) is 6.61 Å². The van der Waals surface area contributed by atoms with Crippen molar-refractivity contribution >= 4 is 43.1 Å². The molecule has 0 saturated carbocycles. The summed E-state index contributed by atoms with van der Waals surface area (Å²) in [5, 5.41) is -0.620. The van der Waals surface area contributed by atoms with E-state index in [0.717, 1.165) is 12.0 Å². The van der Waals surface area contributed by atoms with Crippen LogP contribution in [-0.2, 0) is 25.3 Å². The lowest BCUT2D eigenvalue weighted by Gasteiger charge is -2.52. The van der Waals surface area contributed by atoms with Gasteiger partial charge in [-0.2, -0.15) is 0 Å². The average Bonchev–Trinajstić information content (AvgIpc) is 3.29. The van der Waals surface area contributed by atoms with Crippen molar-refractivity contribution in [3.05, 3.63) is 53.7 Å². The van der Waals surface area contributed by atoms with Crippen LogP contribution in [0.3, 0.4) is 0 Å². The predicted molar refractivity (Wildman–Crippen MR) is 142 cm³/mol. The van der Waals surface area contributed by atoms with Gasteiger partial charge in [-0.25, -0.2) is 15.0 Å². The Labute approximate surface area is 217 Å². The first kappa shape index (κ1) is 25.2. The Bertz CT molecular complexity index is 1200. The van der Waals surface area contributed by atoms with Crippen LogP contribution in [0.15, 0.2) is 43.0 Å². The third-order valence-corrected chi connectivity index (χ3v) is 13.9. The molecule has 7 nitrogen and oxygen atoms in total. The van der Waals surface area contributed by atoms with E-state index in [1.807, 2.05) is 22.8 Å². The van der Waals surface area contributed by atoms with Crippen molar-refractivity contribution in [2.75, 3.05) is 6.61 Å². The quantitative estimate of drug-likeness (QED) is 0.289. The van der Waals surface area contributed by atoms with Crippen molar-refractivity contribution in [1.29, 1.82) is 0 Å². The summed E-state index contributed by atoms with van der Waals surface area (Å²) < 4.78 is 23.0. The second-order valence-electron chi connectivity index (χ2n) is 11.4. The first-order valence-corrected chi connectivity index (χ1v) is 15.1. The molecule has 2 saturated heterocycles. The largest absolute Gasteiger partial charge is 0.392 e. The number of hydrogen-bond acceptors (Lipinski definition) is 7. The number of thioether (sulfide) groups is 1. The highest BCUT2D eigenvalue weighted by Crippen LogP contribution is 2.60. The van der Waals surface area contributed by atoms with E-state index in [1.54, 1.807) is 18.1 Å². The standard InChI is InChI=1S/C25H33ClN4O3SSi/c1-23(2,3)35(24(4,5)6)32-14-18-12-19(33-35)25(34-18,31-13-17-10-8-7-9-11-17)30-16-29-20-21(26)27-15-28-22(20)30/h7-11,15-16,18-19H,12-14H2,1-6H3/t18-,19+,25+/m0/s1. The summed E-state index contributed by atoms with van der Waals surface area (Å²) in [5.41, 5.74) is 2.29. The molecule has 0 amide bonds. The van der Waals surface area contributed by atoms with E-state index in [-0.39, 0.29) is 21.4 Å². The molecule has 3 aromatic rings. The summed E-state index contributed by atoms with van der Waals surface area (Å²) in [6.07, 6.45) is 3.81. The van der Waals surface area contributed by atoms with Crippen LogP contribution in [0.4, 0.5) is 0 Å². The third-order valence-electron chi connectivity index (χ3n) is 6.89. The van der Waals surface area contributed by atoms with Crippen LogP contribution < -0.4 is 0 Å². The summed E-state index contributed by atoms with van der Waals surface area (Å²) in [7, 11) is -2.76. The Kier molecular flexibility index (Phi) is 6.34. The first-order valence-electron chi connectivity index (χ1n) is 12.0. The Morgan fingerprint density at radius 3 is 2.51 bits per heavy atom. The molecule has 188 valence electrons. The lowest BCUT2D eigenvalue weighted by Crippen LogP contribution is -2.61.